The predicted molar refractivity (Wildman–Crippen MR) is 89.6 cm³/mol. The third kappa shape index (κ3) is 5.14. The zero-order valence-electron chi connectivity index (χ0n) is 13.4. The monoisotopic (exact) mass is 312 g/mol. The van der Waals surface area contributed by atoms with E-state index in [0.29, 0.717) is 11.4 Å². The molecule has 3 amide bonds. The van der Waals surface area contributed by atoms with E-state index >= 15 is 0 Å². The zero-order chi connectivity index (χ0) is 16.8. The number of hydrogen-bond donors (Lipinski definition) is 2. The average molecular weight is 312 g/mol. The van der Waals surface area contributed by atoms with Gasteiger partial charge in [0.05, 0.1) is 0 Å². The van der Waals surface area contributed by atoms with Crippen molar-refractivity contribution in [2.75, 3.05) is 5.32 Å². The lowest BCUT2D eigenvalue weighted by Crippen LogP contribution is -2.42. The number of carbonyl (C=O) groups excluding carboxylic acids is 2. The summed E-state index contributed by atoms with van der Waals surface area (Å²) in [4.78, 5) is 23.8. The number of benzene rings is 2. The molecule has 0 aromatic heterocycles. The molecule has 2 aromatic carbocycles. The fourth-order valence-corrected chi connectivity index (χ4v) is 2.16. The smallest absolute Gasteiger partial charge is 0.325 e. The number of rotatable bonds is 4. The zero-order valence-corrected chi connectivity index (χ0v) is 13.4. The Kier molecular flexibility index (Phi) is 5.36. The van der Waals surface area contributed by atoms with Gasteiger partial charge in [-0.3, -0.25) is 10.1 Å². The summed E-state index contributed by atoms with van der Waals surface area (Å²) in [6, 6.07) is 14.0. The van der Waals surface area contributed by atoms with E-state index in [0.717, 1.165) is 11.1 Å². The Morgan fingerprint density at radius 2 is 1.61 bits per heavy atom. The van der Waals surface area contributed by atoms with Gasteiger partial charge in [-0.2, -0.15) is 0 Å². The number of ether oxygens (including phenoxy) is 1. The molecule has 1 atom stereocenters. The van der Waals surface area contributed by atoms with E-state index in [2.05, 4.69) is 10.6 Å². The van der Waals surface area contributed by atoms with Gasteiger partial charge < -0.3 is 10.1 Å². The number of anilines is 1. The topological polar surface area (TPSA) is 67.4 Å². The molecule has 5 heteroatoms. The Hall–Kier alpha value is -2.82. The largest absolute Gasteiger partial charge is 0.481 e. The number of imide groups is 1. The second-order valence-electron chi connectivity index (χ2n) is 5.39. The highest BCUT2D eigenvalue weighted by atomic mass is 16.5. The minimum absolute atomic E-state index is 0.502. The van der Waals surface area contributed by atoms with Crippen LogP contribution in [0.2, 0.25) is 0 Å². The number of amides is 3. The van der Waals surface area contributed by atoms with Crippen LogP contribution in [0.3, 0.4) is 0 Å². The molecule has 0 heterocycles. The number of hydrogen-bond acceptors (Lipinski definition) is 3. The summed E-state index contributed by atoms with van der Waals surface area (Å²) in [5, 5.41) is 4.85. The standard InChI is InChI=1S/C18H20N2O3/c1-12-9-13(2)11-16(10-12)23-14(3)17(21)20-18(22)19-15-7-5-4-6-8-15/h4-11,14H,1-3H3,(H2,19,20,21,22). The first-order chi connectivity index (χ1) is 10.9. The Morgan fingerprint density at radius 1 is 1.00 bits per heavy atom. The Morgan fingerprint density at radius 3 is 2.22 bits per heavy atom. The molecule has 1 unspecified atom stereocenters. The van der Waals surface area contributed by atoms with Gasteiger partial charge in [-0.05, 0) is 56.2 Å². The van der Waals surface area contributed by atoms with E-state index in [1.54, 1.807) is 31.2 Å². The highest BCUT2D eigenvalue weighted by Crippen LogP contribution is 2.17. The van der Waals surface area contributed by atoms with E-state index in [-0.39, 0.29) is 0 Å². The fourth-order valence-electron chi connectivity index (χ4n) is 2.16. The second-order valence-corrected chi connectivity index (χ2v) is 5.39. The van der Waals surface area contributed by atoms with Crippen molar-refractivity contribution >= 4 is 17.6 Å². The van der Waals surface area contributed by atoms with Crippen LogP contribution in [-0.2, 0) is 4.79 Å². The summed E-state index contributed by atoms with van der Waals surface area (Å²) in [5.41, 5.74) is 2.71. The molecule has 2 aromatic rings. The van der Waals surface area contributed by atoms with Gasteiger partial charge in [0, 0.05) is 5.69 Å². The average Bonchev–Trinajstić information content (AvgIpc) is 2.46. The van der Waals surface area contributed by atoms with E-state index < -0.39 is 18.0 Å². The minimum Gasteiger partial charge on any atom is -0.481 e. The molecule has 0 radical (unpaired) electrons. The van der Waals surface area contributed by atoms with Gasteiger partial charge in [0.25, 0.3) is 5.91 Å². The molecule has 23 heavy (non-hydrogen) atoms. The summed E-state index contributed by atoms with van der Waals surface area (Å²) in [6.07, 6.45) is -0.780. The quantitative estimate of drug-likeness (QED) is 0.909. The lowest BCUT2D eigenvalue weighted by atomic mass is 10.1. The molecule has 0 aliphatic rings. The van der Waals surface area contributed by atoms with E-state index in [4.69, 9.17) is 4.74 Å². The third-order valence-corrected chi connectivity index (χ3v) is 3.15. The second kappa shape index (κ2) is 7.45. The van der Waals surface area contributed by atoms with Crippen molar-refractivity contribution in [1.29, 1.82) is 0 Å². The molecule has 2 N–H and O–H groups in total. The minimum atomic E-state index is -0.780. The van der Waals surface area contributed by atoms with Crippen LogP contribution in [0.25, 0.3) is 0 Å². The van der Waals surface area contributed by atoms with Gasteiger partial charge in [-0.25, -0.2) is 4.79 Å². The molecular formula is C18H20N2O3. The Labute approximate surface area is 135 Å². The van der Waals surface area contributed by atoms with Crippen molar-refractivity contribution < 1.29 is 14.3 Å². The van der Waals surface area contributed by atoms with Crippen LogP contribution in [0.5, 0.6) is 5.75 Å². The molecule has 0 aliphatic heterocycles. The first-order valence-corrected chi connectivity index (χ1v) is 7.36. The van der Waals surface area contributed by atoms with Gasteiger partial charge in [-0.1, -0.05) is 24.3 Å². The van der Waals surface area contributed by atoms with Crippen molar-refractivity contribution in [2.45, 2.75) is 26.9 Å². The Balaban J connectivity index is 1.90. The van der Waals surface area contributed by atoms with E-state index in [1.165, 1.54) is 0 Å². The SMILES string of the molecule is Cc1cc(C)cc(OC(C)C(=O)NC(=O)Nc2ccccc2)c1. The van der Waals surface area contributed by atoms with Crippen molar-refractivity contribution in [3.05, 3.63) is 59.7 Å². The fraction of sp³-hybridized carbons (Fsp3) is 0.222. The maximum atomic E-state index is 12.0. The molecule has 0 aliphatic carbocycles. The number of carbonyl (C=O) groups is 2. The molecular weight excluding hydrogens is 292 g/mol. The highest BCUT2D eigenvalue weighted by molar-refractivity contribution is 6.02. The molecule has 5 nitrogen and oxygen atoms in total. The Bertz CT molecular complexity index is 678. The summed E-state index contributed by atoms with van der Waals surface area (Å²) in [7, 11) is 0. The molecule has 0 fully saturated rings. The van der Waals surface area contributed by atoms with Gasteiger partial charge in [0.2, 0.25) is 0 Å². The lowest BCUT2D eigenvalue weighted by Gasteiger charge is -2.15. The van der Waals surface area contributed by atoms with Crippen LogP contribution in [0.15, 0.2) is 48.5 Å². The number of urea groups is 1. The van der Waals surface area contributed by atoms with Gasteiger partial charge in [-0.15, -0.1) is 0 Å². The van der Waals surface area contributed by atoms with Gasteiger partial charge >= 0.3 is 6.03 Å². The van der Waals surface area contributed by atoms with Crippen LogP contribution in [0, 0.1) is 13.8 Å². The number of aryl methyl sites for hydroxylation is 2. The van der Waals surface area contributed by atoms with Crippen LogP contribution in [0.4, 0.5) is 10.5 Å². The van der Waals surface area contributed by atoms with Crippen molar-refractivity contribution in [2.24, 2.45) is 0 Å². The first kappa shape index (κ1) is 16.5. The first-order valence-electron chi connectivity index (χ1n) is 7.36. The summed E-state index contributed by atoms with van der Waals surface area (Å²) in [6.45, 7) is 5.51. The van der Waals surface area contributed by atoms with E-state index in [1.807, 2.05) is 38.1 Å². The molecule has 0 saturated carbocycles. The molecule has 2 rings (SSSR count). The number of para-hydroxylation sites is 1. The molecule has 120 valence electrons. The van der Waals surface area contributed by atoms with Crippen molar-refractivity contribution in [3.63, 3.8) is 0 Å². The maximum absolute atomic E-state index is 12.0. The summed E-state index contributed by atoms with van der Waals surface area (Å²) in [5.74, 6) is 0.103. The molecule has 0 bridgehead atoms. The van der Waals surface area contributed by atoms with Crippen LogP contribution in [0.1, 0.15) is 18.1 Å². The summed E-state index contributed by atoms with van der Waals surface area (Å²) >= 11 is 0. The highest BCUT2D eigenvalue weighted by Gasteiger charge is 2.17. The van der Waals surface area contributed by atoms with Crippen LogP contribution < -0.4 is 15.4 Å². The molecule has 0 spiro atoms. The van der Waals surface area contributed by atoms with Crippen molar-refractivity contribution in [3.8, 4) is 5.75 Å². The van der Waals surface area contributed by atoms with E-state index in [9.17, 15) is 9.59 Å². The van der Waals surface area contributed by atoms with Crippen LogP contribution >= 0.6 is 0 Å². The maximum Gasteiger partial charge on any atom is 0.325 e. The number of nitrogens with one attached hydrogen (secondary N) is 2. The molecule has 0 saturated heterocycles. The van der Waals surface area contributed by atoms with Crippen molar-refractivity contribution in [1.82, 2.24) is 5.32 Å². The third-order valence-electron chi connectivity index (χ3n) is 3.15. The van der Waals surface area contributed by atoms with Gasteiger partial charge in [0.15, 0.2) is 6.10 Å². The lowest BCUT2D eigenvalue weighted by molar-refractivity contribution is -0.126. The van der Waals surface area contributed by atoms with Crippen LogP contribution in [-0.4, -0.2) is 18.0 Å². The predicted octanol–water partition coefficient (Wildman–Crippen LogP) is 3.42. The normalized spacial score (nSPS) is 11.4. The summed E-state index contributed by atoms with van der Waals surface area (Å²) < 4.78 is 5.60. The van der Waals surface area contributed by atoms with Gasteiger partial charge in [0.1, 0.15) is 5.75 Å².